The maximum Gasteiger partial charge on any atom is 0.156 e. The summed E-state index contributed by atoms with van der Waals surface area (Å²) < 4.78 is 0. The molecule has 2 aliphatic carbocycles. The van der Waals surface area contributed by atoms with Crippen LogP contribution < -0.4 is 0 Å². The molecule has 0 spiro atoms. The molecule has 0 saturated heterocycles. The highest BCUT2D eigenvalue weighted by molar-refractivity contribution is 5.94. The summed E-state index contributed by atoms with van der Waals surface area (Å²) in [5, 5.41) is 0. The predicted octanol–water partition coefficient (Wildman–Crippen LogP) is 3.03. The maximum absolute atomic E-state index is 12.9. The van der Waals surface area contributed by atoms with Gasteiger partial charge in [-0.2, -0.15) is 0 Å². The largest absolute Gasteiger partial charge is 0.297 e. The molecule has 2 fully saturated rings. The van der Waals surface area contributed by atoms with Gasteiger partial charge in [-0.3, -0.25) is 9.69 Å². The molecule has 0 unspecified atom stereocenters. The Morgan fingerprint density at radius 1 is 1.17 bits per heavy atom. The Balaban J connectivity index is 1.99. The zero-order valence-electron chi connectivity index (χ0n) is 12.2. The van der Waals surface area contributed by atoms with Gasteiger partial charge in [-0.1, -0.05) is 32.9 Å². The van der Waals surface area contributed by atoms with E-state index in [4.69, 9.17) is 0 Å². The van der Waals surface area contributed by atoms with Crippen LogP contribution in [0.25, 0.3) is 0 Å². The number of fused-ring (bicyclic) bond motifs is 2. The number of Topliss-reactive ketones (excluding diaryl/α,β-unsaturated/α-hetero) is 1. The van der Waals surface area contributed by atoms with Crippen molar-refractivity contribution in [2.45, 2.75) is 65.6 Å². The maximum atomic E-state index is 12.9. The second-order valence-corrected chi connectivity index (χ2v) is 7.32. The van der Waals surface area contributed by atoms with Gasteiger partial charge in [0.05, 0.1) is 6.04 Å². The van der Waals surface area contributed by atoms with E-state index >= 15 is 0 Å². The van der Waals surface area contributed by atoms with Crippen molar-refractivity contribution in [1.29, 1.82) is 0 Å². The Morgan fingerprint density at radius 3 is 2.17 bits per heavy atom. The van der Waals surface area contributed by atoms with Crippen molar-refractivity contribution < 1.29 is 4.79 Å². The minimum Gasteiger partial charge on any atom is -0.297 e. The van der Waals surface area contributed by atoms with E-state index in [1.54, 1.807) is 0 Å². The zero-order chi connectivity index (χ0) is 13.3. The summed E-state index contributed by atoms with van der Waals surface area (Å²) >= 11 is 0. The van der Waals surface area contributed by atoms with Gasteiger partial charge in [0.15, 0.2) is 5.78 Å². The quantitative estimate of drug-likeness (QED) is 0.664. The molecule has 3 aliphatic rings. The summed E-state index contributed by atoms with van der Waals surface area (Å²) in [6.07, 6.45) is 6.80. The van der Waals surface area contributed by atoms with E-state index in [1.165, 1.54) is 6.42 Å². The van der Waals surface area contributed by atoms with E-state index in [1.807, 2.05) is 0 Å². The Morgan fingerprint density at radius 2 is 1.72 bits per heavy atom. The van der Waals surface area contributed by atoms with Crippen LogP contribution in [0.5, 0.6) is 0 Å². The van der Waals surface area contributed by atoms with Gasteiger partial charge < -0.3 is 0 Å². The van der Waals surface area contributed by atoms with E-state index in [2.05, 4.69) is 51.7 Å². The van der Waals surface area contributed by atoms with Crippen LogP contribution in [0.15, 0.2) is 12.2 Å². The Bertz CT molecular complexity index is 411. The van der Waals surface area contributed by atoms with Gasteiger partial charge in [0.2, 0.25) is 0 Å². The number of carbonyl (C=O) groups excluding carboxylic acids is 1. The average molecular weight is 247 g/mol. The highest BCUT2D eigenvalue weighted by Gasteiger charge is 2.67. The third-order valence-corrected chi connectivity index (χ3v) is 6.43. The minimum absolute atomic E-state index is 0.0929. The number of hydrogen-bond donors (Lipinski definition) is 0. The highest BCUT2D eigenvalue weighted by Crippen LogP contribution is 2.64. The second kappa shape index (κ2) is 3.47. The molecule has 0 aromatic carbocycles. The van der Waals surface area contributed by atoms with Gasteiger partial charge in [-0.15, -0.1) is 0 Å². The van der Waals surface area contributed by atoms with Gasteiger partial charge >= 0.3 is 0 Å². The van der Waals surface area contributed by atoms with Crippen LogP contribution in [0.2, 0.25) is 0 Å². The van der Waals surface area contributed by atoms with E-state index in [0.717, 1.165) is 6.42 Å². The summed E-state index contributed by atoms with van der Waals surface area (Å²) in [4.78, 5) is 15.4. The molecule has 0 amide bonds. The molecule has 2 bridgehead atoms. The van der Waals surface area contributed by atoms with Crippen LogP contribution in [0, 0.1) is 16.7 Å². The van der Waals surface area contributed by atoms with Crippen molar-refractivity contribution in [3.05, 3.63) is 12.2 Å². The molecule has 18 heavy (non-hydrogen) atoms. The standard InChI is InChI=1S/C16H25NO/c1-10-6-7-11(2)17(10)13-12-8-9-16(5,14(13)18)15(12,3)4/h6-7,10-13H,8-9H2,1-5H3/t10-,11-,12-,13+,16-/m1/s1. The van der Waals surface area contributed by atoms with Crippen molar-refractivity contribution >= 4 is 5.78 Å². The topological polar surface area (TPSA) is 20.3 Å². The van der Waals surface area contributed by atoms with Gasteiger partial charge in [0.1, 0.15) is 0 Å². The molecule has 2 nitrogen and oxygen atoms in total. The molecular weight excluding hydrogens is 222 g/mol. The molecule has 0 N–H and O–H groups in total. The number of ketones is 1. The lowest BCUT2D eigenvalue weighted by molar-refractivity contribution is -0.133. The van der Waals surface area contributed by atoms with E-state index in [-0.39, 0.29) is 16.9 Å². The lowest BCUT2D eigenvalue weighted by Crippen LogP contribution is -2.51. The van der Waals surface area contributed by atoms with Crippen molar-refractivity contribution in [3.8, 4) is 0 Å². The molecule has 100 valence electrons. The molecule has 2 heteroatoms. The lowest BCUT2D eigenvalue weighted by Gasteiger charge is -2.37. The monoisotopic (exact) mass is 247 g/mol. The molecule has 3 rings (SSSR count). The van der Waals surface area contributed by atoms with Gasteiger partial charge in [-0.05, 0) is 38.0 Å². The molecular formula is C16H25NO. The fourth-order valence-electron chi connectivity index (χ4n) is 4.78. The smallest absolute Gasteiger partial charge is 0.156 e. The van der Waals surface area contributed by atoms with Crippen LogP contribution in [-0.4, -0.2) is 28.8 Å². The summed E-state index contributed by atoms with van der Waals surface area (Å²) in [5.74, 6) is 1.05. The summed E-state index contributed by atoms with van der Waals surface area (Å²) in [5.41, 5.74) is 0.0706. The molecule has 0 aromatic heterocycles. The van der Waals surface area contributed by atoms with Gasteiger partial charge in [0, 0.05) is 17.5 Å². The molecule has 0 aromatic rings. The SMILES string of the molecule is C[C@@H]1C=C[C@@H](C)N1[C@@H]1C(=O)[C@@]2(C)CC[C@H]1C2(C)C. The first kappa shape index (κ1) is 12.4. The first-order valence-corrected chi connectivity index (χ1v) is 7.31. The van der Waals surface area contributed by atoms with Crippen molar-refractivity contribution in [2.24, 2.45) is 16.7 Å². The summed E-state index contributed by atoms with van der Waals surface area (Å²) in [7, 11) is 0. The summed E-state index contributed by atoms with van der Waals surface area (Å²) in [6, 6.07) is 0.971. The van der Waals surface area contributed by atoms with E-state index < -0.39 is 0 Å². The Kier molecular flexibility index (Phi) is 2.39. The minimum atomic E-state index is -0.0929. The number of carbonyl (C=O) groups is 1. The number of rotatable bonds is 1. The van der Waals surface area contributed by atoms with Crippen molar-refractivity contribution in [3.63, 3.8) is 0 Å². The number of hydrogen-bond acceptors (Lipinski definition) is 2. The average Bonchev–Trinajstić information content (AvgIpc) is 2.77. The van der Waals surface area contributed by atoms with Gasteiger partial charge in [0.25, 0.3) is 0 Å². The van der Waals surface area contributed by atoms with Crippen LogP contribution >= 0.6 is 0 Å². The fraction of sp³-hybridized carbons (Fsp3) is 0.812. The first-order valence-electron chi connectivity index (χ1n) is 7.31. The van der Waals surface area contributed by atoms with Crippen LogP contribution in [0.3, 0.4) is 0 Å². The Hall–Kier alpha value is -0.630. The van der Waals surface area contributed by atoms with Crippen LogP contribution in [0.1, 0.15) is 47.5 Å². The van der Waals surface area contributed by atoms with Crippen LogP contribution in [0.4, 0.5) is 0 Å². The first-order chi connectivity index (χ1) is 8.30. The zero-order valence-corrected chi connectivity index (χ0v) is 12.2. The predicted molar refractivity (Wildman–Crippen MR) is 73.3 cm³/mol. The second-order valence-electron chi connectivity index (χ2n) is 7.32. The Labute approximate surface area is 110 Å². The molecule has 1 aliphatic heterocycles. The lowest BCUT2D eigenvalue weighted by atomic mass is 9.70. The van der Waals surface area contributed by atoms with Crippen molar-refractivity contribution in [1.82, 2.24) is 4.90 Å². The summed E-state index contributed by atoms with van der Waals surface area (Å²) in [6.45, 7) is 11.3. The van der Waals surface area contributed by atoms with E-state index in [0.29, 0.717) is 23.8 Å². The third-order valence-electron chi connectivity index (χ3n) is 6.43. The van der Waals surface area contributed by atoms with Crippen LogP contribution in [-0.2, 0) is 4.79 Å². The fourth-order valence-corrected chi connectivity index (χ4v) is 4.78. The third kappa shape index (κ3) is 1.20. The van der Waals surface area contributed by atoms with E-state index in [9.17, 15) is 4.79 Å². The molecule has 1 heterocycles. The molecule has 2 saturated carbocycles. The number of nitrogens with zero attached hydrogens (tertiary/aromatic N) is 1. The molecule has 5 atom stereocenters. The highest BCUT2D eigenvalue weighted by atomic mass is 16.1. The van der Waals surface area contributed by atoms with Crippen molar-refractivity contribution in [2.75, 3.05) is 0 Å². The molecule has 0 radical (unpaired) electrons. The van der Waals surface area contributed by atoms with Gasteiger partial charge in [-0.25, -0.2) is 0 Å². The normalized spacial score (nSPS) is 50.4.